The Morgan fingerprint density at radius 2 is 1.18 bits per heavy atom. The highest BCUT2D eigenvalue weighted by atomic mass is 16.1. The molecule has 1 aromatic rings. The van der Waals surface area contributed by atoms with E-state index in [1.54, 1.807) is 24.3 Å². The van der Waals surface area contributed by atoms with Gasteiger partial charge in [-0.25, -0.2) is 0 Å². The molecule has 0 spiro atoms. The molecule has 0 aromatic heterocycles. The van der Waals surface area contributed by atoms with Gasteiger partial charge in [0.2, 0.25) is 6.41 Å². The summed E-state index contributed by atoms with van der Waals surface area (Å²) in [6, 6.07) is 7.09. The molecule has 1 amide bonds. The van der Waals surface area contributed by atoms with Crippen molar-refractivity contribution in [1.29, 1.82) is 0 Å². The molecule has 0 fully saturated rings. The quantitative estimate of drug-likeness (QED) is 0.360. The number of rotatable bonds is 0. The molecule has 0 aliphatic carbocycles. The lowest BCUT2D eigenvalue weighted by Crippen LogP contribution is -1.86. The maximum absolute atomic E-state index is 8.58. The number of amides is 1. The van der Waals surface area contributed by atoms with Crippen LogP contribution in [0.3, 0.4) is 0 Å². The summed E-state index contributed by atoms with van der Waals surface area (Å²) in [5, 5.41) is 0. The third-order valence-electron chi connectivity index (χ3n) is 0.936. The number of anilines is 2. The molecule has 6 N–H and O–H groups in total. The van der Waals surface area contributed by atoms with E-state index in [0.29, 0.717) is 0 Å². The zero-order valence-electron chi connectivity index (χ0n) is 6.03. The van der Waals surface area contributed by atoms with Crippen LogP contribution in [0.2, 0.25) is 0 Å². The molecule has 1 aromatic carbocycles. The van der Waals surface area contributed by atoms with Crippen LogP contribution >= 0.6 is 0 Å². The minimum Gasteiger partial charge on any atom is -0.399 e. The van der Waals surface area contributed by atoms with Crippen LogP contribution in [0.25, 0.3) is 0 Å². The van der Waals surface area contributed by atoms with E-state index in [9.17, 15) is 0 Å². The summed E-state index contributed by atoms with van der Waals surface area (Å²) in [6.07, 6.45) is 0.250. The first kappa shape index (κ1) is 9.29. The highest BCUT2D eigenvalue weighted by Crippen LogP contribution is 2.04. The summed E-state index contributed by atoms with van der Waals surface area (Å²) < 4.78 is 0. The molecule has 4 heteroatoms. The molecular formula is C7H11N3O. The molecule has 60 valence electrons. The Kier molecular flexibility index (Phi) is 4.31. The van der Waals surface area contributed by atoms with Crippen LogP contribution < -0.4 is 17.2 Å². The number of carbonyl (C=O) groups excluding carboxylic acids is 1. The van der Waals surface area contributed by atoms with Crippen LogP contribution in [0, 0.1) is 0 Å². The molecule has 4 nitrogen and oxygen atoms in total. The van der Waals surface area contributed by atoms with E-state index in [0.717, 1.165) is 11.4 Å². The van der Waals surface area contributed by atoms with Crippen molar-refractivity contribution in [3.8, 4) is 0 Å². The minimum absolute atomic E-state index is 0.250. The number of primary amides is 1. The van der Waals surface area contributed by atoms with E-state index in [1.165, 1.54) is 0 Å². The number of hydrogen-bond donors (Lipinski definition) is 3. The maximum Gasteiger partial charge on any atom is 0.204 e. The SMILES string of the molecule is NC=O.Nc1ccc(N)cc1. The van der Waals surface area contributed by atoms with Crippen molar-refractivity contribution < 1.29 is 4.79 Å². The van der Waals surface area contributed by atoms with Crippen LogP contribution in [-0.2, 0) is 4.79 Å². The lowest BCUT2D eigenvalue weighted by Gasteiger charge is -1.90. The molecule has 0 radical (unpaired) electrons. The number of benzene rings is 1. The highest BCUT2D eigenvalue weighted by molar-refractivity contribution is 5.47. The Bertz CT molecular complexity index is 186. The first-order chi connectivity index (χ1) is 5.20. The Hall–Kier alpha value is -1.71. The maximum atomic E-state index is 8.58. The fourth-order valence-corrected chi connectivity index (χ4v) is 0.496. The van der Waals surface area contributed by atoms with E-state index in [1.807, 2.05) is 0 Å². The van der Waals surface area contributed by atoms with Gasteiger partial charge in [-0.05, 0) is 24.3 Å². The Labute approximate surface area is 65.0 Å². The topological polar surface area (TPSA) is 95.1 Å². The van der Waals surface area contributed by atoms with Crippen molar-refractivity contribution >= 4 is 17.8 Å². The average Bonchev–Trinajstić information content (AvgIpc) is 1.97. The van der Waals surface area contributed by atoms with Crippen molar-refractivity contribution in [1.82, 2.24) is 0 Å². The summed E-state index contributed by atoms with van der Waals surface area (Å²) in [7, 11) is 0. The first-order valence-electron chi connectivity index (χ1n) is 2.97. The normalized spacial score (nSPS) is 7.64. The van der Waals surface area contributed by atoms with Gasteiger partial charge in [0.15, 0.2) is 0 Å². The van der Waals surface area contributed by atoms with Crippen LogP contribution in [0.5, 0.6) is 0 Å². The van der Waals surface area contributed by atoms with Crippen molar-refractivity contribution in [2.45, 2.75) is 0 Å². The molecule has 0 aliphatic rings. The monoisotopic (exact) mass is 153 g/mol. The largest absolute Gasteiger partial charge is 0.399 e. The highest BCUT2D eigenvalue weighted by Gasteiger charge is 1.80. The minimum atomic E-state index is 0.250. The van der Waals surface area contributed by atoms with Gasteiger partial charge in [-0.3, -0.25) is 4.79 Å². The van der Waals surface area contributed by atoms with Gasteiger partial charge in [0, 0.05) is 11.4 Å². The lowest BCUT2D eigenvalue weighted by molar-refractivity contribution is -0.106. The molecule has 0 unspecified atom stereocenters. The predicted octanol–water partition coefficient (Wildman–Crippen LogP) is -0.0475. The van der Waals surface area contributed by atoms with E-state index in [2.05, 4.69) is 5.73 Å². The molecule has 0 atom stereocenters. The molecule has 0 aliphatic heterocycles. The number of carbonyl (C=O) groups is 1. The van der Waals surface area contributed by atoms with Gasteiger partial charge in [-0.15, -0.1) is 0 Å². The molecule has 0 bridgehead atoms. The van der Waals surface area contributed by atoms with Crippen molar-refractivity contribution in [3.63, 3.8) is 0 Å². The molecule has 1 rings (SSSR count). The van der Waals surface area contributed by atoms with Crippen LogP contribution in [0.15, 0.2) is 24.3 Å². The average molecular weight is 153 g/mol. The second-order valence-corrected chi connectivity index (χ2v) is 1.80. The van der Waals surface area contributed by atoms with Gasteiger partial charge >= 0.3 is 0 Å². The Morgan fingerprint density at radius 1 is 1.00 bits per heavy atom. The van der Waals surface area contributed by atoms with Gasteiger partial charge < -0.3 is 17.2 Å². The molecule has 11 heavy (non-hydrogen) atoms. The number of nitrogen functional groups attached to an aromatic ring is 2. The van der Waals surface area contributed by atoms with Crippen molar-refractivity contribution in [2.24, 2.45) is 5.73 Å². The van der Waals surface area contributed by atoms with Crippen LogP contribution in [0.4, 0.5) is 11.4 Å². The van der Waals surface area contributed by atoms with E-state index < -0.39 is 0 Å². The summed E-state index contributed by atoms with van der Waals surface area (Å²) in [5.41, 5.74) is 16.4. The second kappa shape index (κ2) is 5.10. The fraction of sp³-hybridized carbons (Fsp3) is 0. The number of nitrogens with two attached hydrogens (primary N) is 3. The van der Waals surface area contributed by atoms with E-state index >= 15 is 0 Å². The lowest BCUT2D eigenvalue weighted by atomic mass is 10.3. The zero-order chi connectivity index (χ0) is 8.69. The molecule has 0 saturated carbocycles. The third-order valence-corrected chi connectivity index (χ3v) is 0.936. The Balaban J connectivity index is 0.000000292. The summed E-state index contributed by atoms with van der Waals surface area (Å²) >= 11 is 0. The standard InChI is InChI=1S/C6H8N2.CH3NO/c7-5-1-2-6(8)4-3-5;2-1-3/h1-4H,7-8H2;1H,(H2,2,3). The number of hydrogen-bond acceptors (Lipinski definition) is 3. The van der Waals surface area contributed by atoms with Gasteiger partial charge in [0.1, 0.15) is 0 Å². The predicted molar refractivity (Wildman–Crippen MR) is 45.5 cm³/mol. The van der Waals surface area contributed by atoms with Crippen molar-refractivity contribution in [2.75, 3.05) is 11.5 Å². The van der Waals surface area contributed by atoms with Gasteiger partial charge in [0.25, 0.3) is 0 Å². The van der Waals surface area contributed by atoms with E-state index in [4.69, 9.17) is 16.3 Å². The van der Waals surface area contributed by atoms with Gasteiger partial charge in [-0.2, -0.15) is 0 Å². The second-order valence-electron chi connectivity index (χ2n) is 1.80. The summed E-state index contributed by atoms with van der Waals surface area (Å²) in [5.74, 6) is 0. The van der Waals surface area contributed by atoms with Crippen molar-refractivity contribution in [3.05, 3.63) is 24.3 Å². The first-order valence-corrected chi connectivity index (χ1v) is 2.97. The Morgan fingerprint density at radius 3 is 1.36 bits per heavy atom. The molecule has 0 saturated heterocycles. The fourth-order valence-electron chi connectivity index (χ4n) is 0.496. The summed E-state index contributed by atoms with van der Waals surface area (Å²) in [4.78, 5) is 8.58. The van der Waals surface area contributed by atoms with Crippen LogP contribution in [0.1, 0.15) is 0 Å². The van der Waals surface area contributed by atoms with E-state index in [-0.39, 0.29) is 6.41 Å². The zero-order valence-corrected chi connectivity index (χ0v) is 6.03. The van der Waals surface area contributed by atoms with Gasteiger partial charge in [0.05, 0.1) is 0 Å². The summed E-state index contributed by atoms with van der Waals surface area (Å²) in [6.45, 7) is 0. The smallest absolute Gasteiger partial charge is 0.204 e. The van der Waals surface area contributed by atoms with Gasteiger partial charge in [-0.1, -0.05) is 0 Å². The third kappa shape index (κ3) is 4.77. The van der Waals surface area contributed by atoms with Crippen LogP contribution in [-0.4, -0.2) is 6.41 Å². The molecular weight excluding hydrogens is 142 g/mol. The molecule has 0 heterocycles.